The zero-order chi connectivity index (χ0) is 11.5. The molecule has 88 valence electrons. The number of thioether (sulfide) groups is 1. The minimum atomic E-state index is 0.268. The molecule has 1 unspecified atom stereocenters. The van der Waals surface area contributed by atoms with E-state index < -0.39 is 0 Å². The number of amides is 1. The molecule has 1 fully saturated rings. The zero-order valence-electron chi connectivity index (χ0n) is 10.4. The Kier molecular flexibility index (Phi) is 4.50. The molecule has 0 saturated carbocycles. The van der Waals surface area contributed by atoms with Crippen LogP contribution in [0.1, 0.15) is 33.6 Å². The predicted molar refractivity (Wildman–Crippen MR) is 67.1 cm³/mol. The summed E-state index contributed by atoms with van der Waals surface area (Å²) in [5.74, 6) is 2.06. The highest BCUT2D eigenvalue weighted by atomic mass is 32.2. The van der Waals surface area contributed by atoms with Crippen molar-refractivity contribution in [2.75, 3.05) is 25.1 Å². The van der Waals surface area contributed by atoms with Gasteiger partial charge in [-0.05, 0) is 29.8 Å². The van der Waals surface area contributed by atoms with E-state index in [1.165, 1.54) is 0 Å². The van der Waals surface area contributed by atoms with Crippen LogP contribution < -0.4 is 0 Å². The molecule has 2 nitrogen and oxygen atoms in total. The lowest BCUT2D eigenvalue weighted by atomic mass is 9.80. The molecule has 0 spiro atoms. The number of hydrogen-bond acceptors (Lipinski definition) is 2. The van der Waals surface area contributed by atoms with Gasteiger partial charge in [-0.25, -0.2) is 0 Å². The fraction of sp³-hybridized carbons (Fsp3) is 0.917. The fourth-order valence-corrected chi connectivity index (χ4v) is 2.39. The van der Waals surface area contributed by atoms with Gasteiger partial charge in [-0.1, -0.05) is 20.8 Å². The molecule has 0 aromatic carbocycles. The molecule has 0 radical (unpaired) electrons. The first-order valence-corrected chi connectivity index (χ1v) is 7.11. The van der Waals surface area contributed by atoms with Gasteiger partial charge in [-0.3, -0.25) is 4.79 Å². The molecule has 1 rings (SSSR count). The standard InChI is InChI=1S/C12H23NOS/c1-12(2,3)10-8-11(14)13(9-10)6-5-7-15-4/h10H,5-9H2,1-4H3. The van der Waals surface area contributed by atoms with Gasteiger partial charge in [0.2, 0.25) is 5.91 Å². The minimum Gasteiger partial charge on any atom is -0.342 e. The molecule has 0 aliphatic carbocycles. The Bertz CT molecular complexity index is 222. The van der Waals surface area contributed by atoms with Gasteiger partial charge >= 0.3 is 0 Å². The van der Waals surface area contributed by atoms with Crippen molar-refractivity contribution in [2.45, 2.75) is 33.6 Å². The summed E-state index contributed by atoms with van der Waals surface area (Å²) >= 11 is 1.85. The normalized spacial score (nSPS) is 22.5. The van der Waals surface area contributed by atoms with Crippen LogP contribution in [-0.4, -0.2) is 35.9 Å². The van der Waals surface area contributed by atoms with E-state index in [1.54, 1.807) is 0 Å². The van der Waals surface area contributed by atoms with Crippen molar-refractivity contribution in [3.05, 3.63) is 0 Å². The first kappa shape index (κ1) is 12.9. The number of hydrogen-bond donors (Lipinski definition) is 0. The van der Waals surface area contributed by atoms with Gasteiger partial charge in [0.15, 0.2) is 0 Å². The second-order valence-corrected chi connectivity index (χ2v) is 6.44. The molecule has 15 heavy (non-hydrogen) atoms. The quantitative estimate of drug-likeness (QED) is 0.691. The number of carbonyl (C=O) groups excluding carboxylic acids is 1. The van der Waals surface area contributed by atoms with Crippen LogP contribution in [0.25, 0.3) is 0 Å². The van der Waals surface area contributed by atoms with E-state index in [0.717, 1.165) is 31.7 Å². The van der Waals surface area contributed by atoms with Gasteiger partial charge in [0.1, 0.15) is 0 Å². The van der Waals surface area contributed by atoms with Crippen LogP contribution >= 0.6 is 11.8 Å². The summed E-state index contributed by atoms with van der Waals surface area (Å²) in [7, 11) is 0. The van der Waals surface area contributed by atoms with Gasteiger partial charge in [-0.2, -0.15) is 11.8 Å². The van der Waals surface area contributed by atoms with Crippen LogP contribution in [0.4, 0.5) is 0 Å². The van der Waals surface area contributed by atoms with Crippen LogP contribution in [0.3, 0.4) is 0 Å². The molecule has 0 bridgehead atoms. The van der Waals surface area contributed by atoms with Gasteiger partial charge in [0.05, 0.1) is 0 Å². The van der Waals surface area contributed by atoms with E-state index in [-0.39, 0.29) is 5.41 Å². The summed E-state index contributed by atoms with van der Waals surface area (Å²) in [6.45, 7) is 8.62. The molecule has 1 amide bonds. The Labute approximate surface area is 97.8 Å². The number of likely N-dealkylation sites (tertiary alicyclic amines) is 1. The summed E-state index contributed by atoms with van der Waals surface area (Å²) < 4.78 is 0. The maximum Gasteiger partial charge on any atom is 0.222 e. The summed E-state index contributed by atoms with van der Waals surface area (Å²) in [5.41, 5.74) is 0.268. The van der Waals surface area contributed by atoms with E-state index >= 15 is 0 Å². The van der Waals surface area contributed by atoms with E-state index in [0.29, 0.717) is 11.8 Å². The van der Waals surface area contributed by atoms with Gasteiger partial charge in [0.25, 0.3) is 0 Å². The predicted octanol–water partition coefficient (Wildman–Crippen LogP) is 2.63. The van der Waals surface area contributed by atoms with Crippen LogP contribution in [0.5, 0.6) is 0 Å². The van der Waals surface area contributed by atoms with Crippen molar-refractivity contribution in [2.24, 2.45) is 11.3 Å². The molecule has 0 aromatic heterocycles. The van der Waals surface area contributed by atoms with Gasteiger partial charge < -0.3 is 4.90 Å². The van der Waals surface area contributed by atoms with E-state index in [2.05, 4.69) is 27.0 Å². The highest BCUT2D eigenvalue weighted by molar-refractivity contribution is 7.98. The number of nitrogens with zero attached hydrogens (tertiary/aromatic N) is 1. The van der Waals surface area contributed by atoms with Crippen LogP contribution in [0, 0.1) is 11.3 Å². The molecule has 1 aliphatic heterocycles. The number of carbonyl (C=O) groups is 1. The second-order valence-electron chi connectivity index (χ2n) is 5.45. The molecule has 0 aromatic rings. The maximum absolute atomic E-state index is 11.7. The van der Waals surface area contributed by atoms with Gasteiger partial charge in [0, 0.05) is 19.5 Å². The Morgan fingerprint density at radius 1 is 1.47 bits per heavy atom. The maximum atomic E-state index is 11.7. The van der Waals surface area contributed by atoms with Crippen molar-refractivity contribution in [1.82, 2.24) is 4.90 Å². The minimum absolute atomic E-state index is 0.268. The highest BCUT2D eigenvalue weighted by Gasteiger charge is 2.36. The molecular formula is C12H23NOS. The van der Waals surface area contributed by atoms with E-state index in [1.807, 2.05) is 16.7 Å². The Balaban J connectivity index is 2.39. The second kappa shape index (κ2) is 5.24. The molecule has 1 saturated heterocycles. The van der Waals surface area contributed by atoms with Crippen molar-refractivity contribution in [1.29, 1.82) is 0 Å². The third kappa shape index (κ3) is 3.71. The molecule has 1 aliphatic rings. The smallest absolute Gasteiger partial charge is 0.222 e. The third-order valence-corrected chi connectivity index (χ3v) is 3.91. The molecule has 3 heteroatoms. The fourth-order valence-electron chi connectivity index (χ4n) is 1.97. The zero-order valence-corrected chi connectivity index (χ0v) is 11.2. The highest BCUT2D eigenvalue weighted by Crippen LogP contribution is 2.34. The van der Waals surface area contributed by atoms with Crippen molar-refractivity contribution < 1.29 is 4.79 Å². The van der Waals surface area contributed by atoms with Gasteiger partial charge in [-0.15, -0.1) is 0 Å². The lowest BCUT2D eigenvalue weighted by molar-refractivity contribution is -0.127. The first-order valence-electron chi connectivity index (χ1n) is 5.72. The average molecular weight is 229 g/mol. The monoisotopic (exact) mass is 229 g/mol. The average Bonchev–Trinajstić information content (AvgIpc) is 2.48. The topological polar surface area (TPSA) is 20.3 Å². The summed E-state index contributed by atoms with van der Waals surface area (Å²) in [4.78, 5) is 13.8. The SMILES string of the molecule is CSCCCN1CC(C(C)(C)C)CC1=O. The molecule has 1 atom stereocenters. The largest absolute Gasteiger partial charge is 0.342 e. The Morgan fingerprint density at radius 3 is 2.60 bits per heavy atom. The first-order chi connectivity index (χ1) is 6.95. The van der Waals surface area contributed by atoms with Crippen LogP contribution in [-0.2, 0) is 4.79 Å². The Morgan fingerprint density at radius 2 is 2.13 bits per heavy atom. The van der Waals surface area contributed by atoms with E-state index in [4.69, 9.17) is 0 Å². The molecular weight excluding hydrogens is 206 g/mol. The third-order valence-electron chi connectivity index (χ3n) is 3.22. The Hall–Kier alpha value is -0.180. The van der Waals surface area contributed by atoms with Crippen LogP contribution in [0.2, 0.25) is 0 Å². The molecule has 1 heterocycles. The lowest BCUT2D eigenvalue weighted by Gasteiger charge is -2.26. The molecule has 0 N–H and O–H groups in total. The van der Waals surface area contributed by atoms with Crippen LogP contribution in [0.15, 0.2) is 0 Å². The van der Waals surface area contributed by atoms with Crippen molar-refractivity contribution >= 4 is 17.7 Å². The summed E-state index contributed by atoms with van der Waals surface area (Å²) in [6.07, 6.45) is 4.00. The lowest BCUT2D eigenvalue weighted by Crippen LogP contribution is -2.28. The van der Waals surface area contributed by atoms with E-state index in [9.17, 15) is 4.79 Å². The summed E-state index contributed by atoms with van der Waals surface area (Å²) in [5, 5.41) is 0. The number of rotatable bonds is 4. The van der Waals surface area contributed by atoms with Crippen molar-refractivity contribution in [3.8, 4) is 0 Å². The van der Waals surface area contributed by atoms with Crippen molar-refractivity contribution in [3.63, 3.8) is 0 Å². The summed E-state index contributed by atoms with van der Waals surface area (Å²) in [6, 6.07) is 0.